The molecular formula is C28H45N3O2. The molecule has 0 saturated heterocycles. The second-order valence-electron chi connectivity index (χ2n) is 7.44. The minimum Gasteiger partial charge on any atom is -0.343 e. The van der Waals surface area contributed by atoms with E-state index < -0.39 is 0 Å². The van der Waals surface area contributed by atoms with Gasteiger partial charge in [0.1, 0.15) is 0 Å². The number of amides is 2. The Morgan fingerprint density at radius 2 is 1.42 bits per heavy atom. The summed E-state index contributed by atoms with van der Waals surface area (Å²) in [4.78, 5) is 25.0. The van der Waals surface area contributed by atoms with Gasteiger partial charge in [0.15, 0.2) is 0 Å². The Bertz CT molecular complexity index is 725. The van der Waals surface area contributed by atoms with Crippen molar-refractivity contribution in [1.29, 1.82) is 0 Å². The standard InChI is InChI=1S/C13H18N2O2.C9H10.C4H11N.C2H6/c1-3-15(4-2)12(16)10-14-13(17)11-8-6-5-7-9-11;1-2-4-8(5-3-1)9-6-7-9;1-2-3-4-5;1-2/h5-9H,3-4,10H2,1-2H3,(H,14,17);1-5,9H,6-7H2;2-5H2,1H3;1-2H3. The van der Waals surface area contributed by atoms with Crippen molar-refractivity contribution >= 4 is 11.8 Å². The van der Waals surface area contributed by atoms with Gasteiger partial charge in [0.25, 0.3) is 5.91 Å². The lowest BCUT2D eigenvalue weighted by Gasteiger charge is -2.18. The quantitative estimate of drug-likeness (QED) is 0.542. The largest absolute Gasteiger partial charge is 0.343 e. The zero-order valence-electron chi connectivity index (χ0n) is 21.3. The van der Waals surface area contributed by atoms with E-state index in [0.29, 0.717) is 18.7 Å². The Labute approximate surface area is 201 Å². The molecule has 0 heterocycles. The summed E-state index contributed by atoms with van der Waals surface area (Å²) in [5.41, 5.74) is 7.23. The number of nitrogens with two attached hydrogens (primary N) is 1. The molecule has 2 amide bonds. The van der Waals surface area contributed by atoms with Gasteiger partial charge in [-0.1, -0.05) is 75.7 Å². The summed E-state index contributed by atoms with van der Waals surface area (Å²) in [7, 11) is 0. The fraction of sp³-hybridized carbons (Fsp3) is 0.500. The van der Waals surface area contributed by atoms with Crippen LogP contribution in [0.25, 0.3) is 0 Å². The van der Waals surface area contributed by atoms with E-state index in [1.165, 1.54) is 31.2 Å². The normalized spacial score (nSPS) is 11.3. The molecule has 184 valence electrons. The second kappa shape index (κ2) is 20.0. The van der Waals surface area contributed by atoms with Crippen LogP contribution in [-0.4, -0.2) is 42.9 Å². The van der Waals surface area contributed by atoms with Crippen LogP contribution in [0, 0.1) is 0 Å². The van der Waals surface area contributed by atoms with Gasteiger partial charge >= 0.3 is 0 Å². The third kappa shape index (κ3) is 14.2. The number of hydrogen-bond donors (Lipinski definition) is 2. The molecule has 0 radical (unpaired) electrons. The summed E-state index contributed by atoms with van der Waals surface area (Å²) in [6.07, 6.45) is 5.20. The highest BCUT2D eigenvalue weighted by Gasteiger charge is 2.22. The molecule has 5 nitrogen and oxygen atoms in total. The number of likely N-dealkylation sites (N-methyl/N-ethyl adjacent to an activating group) is 1. The first-order valence-electron chi connectivity index (χ1n) is 12.4. The number of hydrogen-bond acceptors (Lipinski definition) is 3. The van der Waals surface area contributed by atoms with Gasteiger partial charge in [0, 0.05) is 18.7 Å². The number of rotatable bonds is 8. The molecule has 2 aromatic carbocycles. The number of nitrogens with one attached hydrogen (secondary N) is 1. The molecule has 0 atom stereocenters. The van der Waals surface area contributed by atoms with Crippen LogP contribution in [0.15, 0.2) is 60.7 Å². The monoisotopic (exact) mass is 455 g/mol. The number of nitrogens with zero attached hydrogens (tertiary/aromatic N) is 1. The molecule has 0 aromatic heterocycles. The van der Waals surface area contributed by atoms with Gasteiger partial charge in [-0.25, -0.2) is 0 Å². The molecule has 0 bridgehead atoms. The lowest BCUT2D eigenvalue weighted by molar-refractivity contribution is -0.129. The maximum atomic E-state index is 11.7. The van der Waals surface area contributed by atoms with Gasteiger partial charge in [0.05, 0.1) is 6.54 Å². The zero-order chi connectivity index (χ0) is 24.9. The number of benzene rings is 2. The van der Waals surface area contributed by atoms with E-state index in [4.69, 9.17) is 5.73 Å². The van der Waals surface area contributed by atoms with Crippen LogP contribution in [0.1, 0.15) is 82.1 Å². The molecule has 5 heteroatoms. The highest BCUT2D eigenvalue weighted by atomic mass is 16.2. The van der Waals surface area contributed by atoms with Crippen LogP contribution in [0.3, 0.4) is 0 Å². The van der Waals surface area contributed by atoms with E-state index in [1.807, 2.05) is 33.8 Å². The van der Waals surface area contributed by atoms with Crippen LogP contribution in [0.5, 0.6) is 0 Å². The molecule has 3 N–H and O–H groups in total. The predicted octanol–water partition coefficient (Wildman–Crippen LogP) is 5.62. The minimum atomic E-state index is -0.217. The maximum Gasteiger partial charge on any atom is 0.251 e. The Balaban J connectivity index is 0.000000529. The van der Waals surface area contributed by atoms with E-state index >= 15 is 0 Å². The van der Waals surface area contributed by atoms with Crippen molar-refractivity contribution < 1.29 is 9.59 Å². The van der Waals surface area contributed by atoms with Gasteiger partial charge in [-0.3, -0.25) is 9.59 Å². The van der Waals surface area contributed by atoms with E-state index in [0.717, 1.165) is 12.5 Å². The highest BCUT2D eigenvalue weighted by molar-refractivity contribution is 5.96. The van der Waals surface area contributed by atoms with Crippen molar-refractivity contribution in [3.05, 3.63) is 71.8 Å². The Kier molecular flexibility index (Phi) is 18.4. The summed E-state index contributed by atoms with van der Waals surface area (Å²) in [5.74, 6) is 0.636. The van der Waals surface area contributed by atoms with Crippen LogP contribution in [0.2, 0.25) is 0 Å². The van der Waals surface area contributed by atoms with Gasteiger partial charge in [0.2, 0.25) is 5.91 Å². The van der Waals surface area contributed by atoms with Gasteiger partial charge in [-0.2, -0.15) is 0 Å². The second-order valence-corrected chi connectivity index (χ2v) is 7.44. The molecule has 0 spiro atoms. The average Bonchev–Trinajstić information content (AvgIpc) is 3.73. The molecule has 0 unspecified atom stereocenters. The fourth-order valence-electron chi connectivity index (χ4n) is 2.88. The first-order valence-corrected chi connectivity index (χ1v) is 12.4. The number of carbonyl (C=O) groups is 2. The Hall–Kier alpha value is -2.66. The minimum absolute atomic E-state index is 0.0510. The molecule has 3 rings (SSSR count). The average molecular weight is 456 g/mol. The van der Waals surface area contributed by atoms with Crippen LogP contribution in [0.4, 0.5) is 0 Å². The van der Waals surface area contributed by atoms with Gasteiger partial charge in [-0.05, 0) is 63.3 Å². The van der Waals surface area contributed by atoms with Crippen molar-refractivity contribution in [1.82, 2.24) is 10.2 Å². The van der Waals surface area contributed by atoms with Crippen molar-refractivity contribution in [3.8, 4) is 0 Å². The van der Waals surface area contributed by atoms with Crippen molar-refractivity contribution in [2.75, 3.05) is 26.2 Å². The number of unbranched alkanes of at least 4 members (excludes halogenated alkanes) is 1. The first kappa shape index (κ1) is 30.3. The molecule has 1 fully saturated rings. The van der Waals surface area contributed by atoms with E-state index in [1.54, 1.807) is 29.2 Å². The molecule has 2 aromatic rings. The highest BCUT2D eigenvalue weighted by Crippen LogP contribution is 2.39. The van der Waals surface area contributed by atoms with Gasteiger partial charge < -0.3 is 16.0 Å². The summed E-state index contributed by atoms with van der Waals surface area (Å²) >= 11 is 0. The Morgan fingerprint density at radius 3 is 1.82 bits per heavy atom. The van der Waals surface area contributed by atoms with Crippen molar-refractivity contribution in [2.24, 2.45) is 5.73 Å². The summed E-state index contributed by atoms with van der Waals surface area (Å²) < 4.78 is 0. The molecule has 1 aliphatic carbocycles. The lowest BCUT2D eigenvalue weighted by Crippen LogP contribution is -2.39. The van der Waals surface area contributed by atoms with Crippen molar-refractivity contribution in [2.45, 2.75) is 66.2 Å². The first-order chi connectivity index (χ1) is 16.1. The van der Waals surface area contributed by atoms with Crippen molar-refractivity contribution in [3.63, 3.8) is 0 Å². The summed E-state index contributed by atoms with van der Waals surface area (Å²) in [6, 6.07) is 19.6. The zero-order valence-corrected chi connectivity index (χ0v) is 21.3. The van der Waals surface area contributed by atoms with E-state index in [-0.39, 0.29) is 18.4 Å². The lowest BCUT2D eigenvalue weighted by atomic mass is 10.1. The SMILES string of the molecule is CC.CCCCN.CCN(CC)C(=O)CNC(=O)c1ccccc1.c1ccc(C2CC2)cc1. The molecule has 1 saturated carbocycles. The van der Waals surface area contributed by atoms with E-state index in [2.05, 4.69) is 42.6 Å². The Morgan fingerprint density at radius 1 is 0.909 bits per heavy atom. The smallest absolute Gasteiger partial charge is 0.251 e. The number of carbonyl (C=O) groups excluding carboxylic acids is 2. The predicted molar refractivity (Wildman–Crippen MR) is 140 cm³/mol. The summed E-state index contributed by atoms with van der Waals surface area (Å²) in [6.45, 7) is 12.2. The maximum absolute atomic E-state index is 11.7. The third-order valence-electron chi connectivity index (χ3n) is 4.96. The van der Waals surface area contributed by atoms with Crippen LogP contribution in [-0.2, 0) is 4.79 Å². The molecule has 0 aliphatic heterocycles. The molecule has 1 aliphatic rings. The van der Waals surface area contributed by atoms with Crippen LogP contribution >= 0.6 is 0 Å². The van der Waals surface area contributed by atoms with Gasteiger partial charge in [-0.15, -0.1) is 0 Å². The van der Waals surface area contributed by atoms with Crippen LogP contribution < -0.4 is 11.1 Å². The summed E-state index contributed by atoms with van der Waals surface area (Å²) in [5, 5.41) is 2.62. The fourth-order valence-corrected chi connectivity index (χ4v) is 2.88. The molecule has 33 heavy (non-hydrogen) atoms. The molecular weight excluding hydrogens is 410 g/mol. The topological polar surface area (TPSA) is 75.4 Å². The third-order valence-corrected chi connectivity index (χ3v) is 4.96. The van der Waals surface area contributed by atoms with E-state index in [9.17, 15) is 9.59 Å².